The molecule has 0 saturated carbocycles. The molecule has 4 nitrogen and oxygen atoms in total. The van der Waals surface area contributed by atoms with Gasteiger partial charge < -0.3 is 15.0 Å². The van der Waals surface area contributed by atoms with Crippen molar-refractivity contribution in [2.75, 3.05) is 32.8 Å². The Balaban J connectivity index is 1.35. The van der Waals surface area contributed by atoms with E-state index in [1.54, 1.807) is 0 Å². The van der Waals surface area contributed by atoms with Crippen molar-refractivity contribution in [1.82, 2.24) is 10.2 Å². The molecule has 2 heterocycles. The smallest absolute Gasteiger partial charge is 0.234 e. The van der Waals surface area contributed by atoms with E-state index in [0.717, 1.165) is 51.2 Å². The third-order valence-corrected chi connectivity index (χ3v) is 5.93. The maximum atomic E-state index is 13.5. The highest BCUT2D eigenvalue weighted by atomic mass is 16.5. The van der Waals surface area contributed by atoms with Crippen LogP contribution in [0.15, 0.2) is 60.7 Å². The van der Waals surface area contributed by atoms with Crippen LogP contribution in [0.25, 0.3) is 0 Å². The Morgan fingerprint density at radius 1 is 1.11 bits per heavy atom. The Labute approximate surface area is 161 Å². The summed E-state index contributed by atoms with van der Waals surface area (Å²) in [5.74, 6) is 0.712. The molecule has 1 N–H and O–H groups in total. The van der Waals surface area contributed by atoms with Crippen LogP contribution in [-0.4, -0.2) is 43.6 Å². The van der Waals surface area contributed by atoms with Crippen molar-refractivity contribution in [1.29, 1.82) is 0 Å². The van der Waals surface area contributed by atoms with Crippen LogP contribution in [0.5, 0.6) is 0 Å². The predicted octanol–water partition coefficient (Wildman–Crippen LogP) is 2.98. The van der Waals surface area contributed by atoms with Crippen LogP contribution in [0.3, 0.4) is 0 Å². The molecule has 0 aromatic heterocycles. The molecule has 1 amide bonds. The predicted molar refractivity (Wildman–Crippen MR) is 106 cm³/mol. The van der Waals surface area contributed by atoms with Crippen molar-refractivity contribution < 1.29 is 9.53 Å². The van der Waals surface area contributed by atoms with Crippen molar-refractivity contribution >= 4 is 5.91 Å². The molecule has 0 radical (unpaired) electrons. The first-order valence-corrected chi connectivity index (χ1v) is 9.95. The lowest BCUT2D eigenvalue weighted by Crippen LogP contribution is -2.47. The summed E-state index contributed by atoms with van der Waals surface area (Å²) < 4.78 is 5.92. The van der Waals surface area contributed by atoms with Gasteiger partial charge in [-0.2, -0.15) is 0 Å². The number of nitrogens with zero attached hydrogens (tertiary/aromatic N) is 1. The molecule has 2 aromatic rings. The minimum atomic E-state index is -0.402. The second kappa shape index (κ2) is 8.24. The van der Waals surface area contributed by atoms with Crippen molar-refractivity contribution in [2.45, 2.75) is 24.9 Å². The van der Waals surface area contributed by atoms with Gasteiger partial charge in [-0.15, -0.1) is 0 Å². The number of likely N-dealkylation sites (tertiary alicyclic amines) is 1. The maximum Gasteiger partial charge on any atom is 0.234 e. The molecule has 2 atom stereocenters. The molecular formula is C23H28N2O2. The molecule has 2 aliphatic rings. The van der Waals surface area contributed by atoms with Crippen molar-refractivity contribution in [3.05, 3.63) is 71.8 Å². The molecule has 4 rings (SSSR count). The van der Waals surface area contributed by atoms with E-state index in [4.69, 9.17) is 4.74 Å². The van der Waals surface area contributed by atoms with Gasteiger partial charge in [-0.1, -0.05) is 60.7 Å². The summed E-state index contributed by atoms with van der Waals surface area (Å²) in [6.07, 6.45) is 1.90. The largest absolute Gasteiger partial charge is 0.376 e. The average molecular weight is 364 g/mol. The van der Waals surface area contributed by atoms with Gasteiger partial charge in [0.05, 0.1) is 18.6 Å². The second-order valence-corrected chi connectivity index (χ2v) is 7.78. The van der Waals surface area contributed by atoms with Crippen LogP contribution in [0, 0.1) is 5.92 Å². The molecule has 142 valence electrons. The summed E-state index contributed by atoms with van der Waals surface area (Å²) in [7, 11) is 0. The Bertz CT molecular complexity index is 741. The highest BCUT2D eigenvalue weighted by molar-refractivity contribution is 5.89. The lowest BCUT2D eigenvalue weighted by atomic mass is 9.78. The number of amides is 1. The summed E-state index contributed by atoms with van der Waals surface area (Å²) in [6.45, 7) is 4.65. The van der Waals surface area contributed by atoms with Gasteiger partial charge >= 0.3 is 0 Å². The summed E-state index contributed by atoms with van der Waals surface area (Å²) in [5.41, 5.74) is 1.94. The fourth-order valence-corrected chi connectivity index (χ4v) is 4.38. The Hall–Kier alpha value is -2.17. The highest BCUT2D eigenvalue weighted by Crippen LogP contribution is 2.34. The van der Waals surface area contributed by atoms with Gasteiger partial charge in [-0.25, -0.2) is 0 Å². The van der Waals surface area contributed by atoms with Crippen molar-refractivity contribution in [3.8, 4) is 0 Å². The van der Waals surface area contributed by atoms with Gasteiger partial charge in [0.2, 0.25) is 5.91 Å². The fourth-order valence-electron chi connectivity index (χ4n) is 4.38. The SMILES string of the molecule is O=C(N1CCC(COCc2ccccc2)C1)C1(c2ccccc2)CCNC1. The first kappa shape index (κ1) is 18.2. The fraction of sp³-hybridized carbons (Fsp3) is 0.435. The van der Waals surface area contributed by atoms with Gasteiger partial charge in [0.25, 0.3) is 0 Å². The number of ether oxygens (including phenoxy) is 1. The molecule has 2 saturated heterocycles. The average Bonchev–Trinajstić information content (AvgIpc) is 3.40. The number of hydrogen-bond acceptors (Lipinski definition) is 3. The molecular weight excluding hydrogens is 336 g/mol. The van der Waals surface area contributed by atoms with Crippen molar-refractivity contribution in [3.63, 3.8) is 0 Å². The number of carbonyl (C=O) groups excluding carboxylic acids is 1. The van der Waals surface area contributed by atoms with E-state index < -0.39 is 5.41 Å². The van der Waals surface area contributed by atoms with E-state index in [1.807, 2.05) is 36.4 Å². The zero-order valence-electron chi connectivity index (χ0n) is 15.8. The van der Waals surface area contributed by atoms with Gasteiger partial charge in [-0.05, 0) is 30.5 Å². The summed E-state index contributed by atoms with van der Waals surface area (Å²) >= 11 is 0. The van der Waals surface area contributed by atoms with E-state index in [0.29, 0.717) is 12.5 Å². The molecule has 2 unspecified atom stereocenters. The molecule has 0 aliphatic carbocycles. The monoisotopic (exact) mass is 364 g/mol. The first-order valence-electron chi connectivity index (χ1n) is 9.95. The Kier molecular flexibility index (Phi) is 5.55. The molecule has 4 heteroatoms. The van der Waals surface area contributed by atoms with Crippen LogP contribution < -0.4 is 5.32 Å². The normalized spacial score (nSPS) is 25.0. The third kappa shape index (κ3) is 3.92. The van der Waals surface area contributed by atoms with Crippen LogP contribution in [0.2, 0.25) is 0 Å². The molecule has 2 fully saturated rings. The van der Waals surface area contributed by atoms with Gasteiger partial charge in [0.1, 0.15) is 0 Å². The quantitative estimate of drug-likeness (QED) is 0.857. The zero-order chi connectivity index (χ0) is 18.5. The van der Waals surface area contributed by atoms with Crippen LogP contribution in [-0.2, 0) is 21.6 Å². The van der Waals surface area contributed by atoms with Gasteiger partial charge in [0, 0.05) is 25.6 Å². The van der Waals surface area contributed by atoms with E-state index in [2.05, 4.69) is 34.5 Å². The lowest BCUT2D eigenvalue weighted by molar-refractivity contribution is -0.136. The van der Waals surface area contributed by atoms with E-state index in [9.17, 15) is 4.79 Å². The summed E-state index contributed by atoms with van der Waals surface area (Å²) in [5, 5.41) is 3.41. The maximum absolute atomic E-state index is 13.5. The van der Waals surface area contributed by atoms with E-state index in [-0.39, 0.29) is 5.91 Å². The number of nitrogens with one attached hydrogen (secondary N) is 1. The number of carbonyl (C=O) groups is 1. The first-order chi connectivity index (χ1) is 13.3. The van der Waals surface area contributed by atoms with Gasteiger partial charge in [-0.3, -0.25) is 4.79 Å². The topological polar surface area (TPSA) is 41.6 Å². The van der Waals surface area contributed by atoms with Crippen molar-refractivity contribution in [2.24, 2.45) is 5.92 Å². The zero-order valence-corrected chi connectivity index (χ0v) is 15.8. The van der Waals surface area contributed by atoms with Crippen LogP contribution in [0.1, 0.15) is 24.0 Å². The molecule has 2 aromatic carbocycles. The van der Waals surface area contributed by atoms with E-state index in [1.165, 1.54) is 5.56 Å². The highest BCUT2D eigenvalue weighted by Gasteiger charge is 2.46. The molecule has 0 spiro atoms. The van der Waals surface area contributed by atoms with Crippen LogP contribution in [0.4, 0.5) is 0 Å². The lowest BCUT2D eigenvalue weighted by Gasteiger charge is -2.32. The minimum absolute atomic E-state index is 0.282. The number of rotatable bonds is 6. The molecule has 0 bridgehead atoms. The summed E-state index contributed by atoms with van der Waals surface area (Å²) in [4.78, 5) is 15.5. The van der Waals surface area contributed by atoms with Gasteiger partial charge in [0.15, 0.2) is 0 Å². The number of benzene rings is 2. The third-order valence-electron chi connectivity index (χ3n) is 5.93. The Morgan fingerprint density at radius 2 is 1.85 bits per heavy atom. The second-order valence-electron chi connectivity index (χ2n) is 7.78. The summed E-state index contributed by atoms with van der Waals surface area (Å²) in [6, 6.07) is 20.5. The van der Waals surface area contributed by atoms with E-state index >= 15 is 0 Å². The van der Waals surface area contributed by atoms with Crippen LogP contribution >= 0.6 is 0 Å². The standard InChI is InChI=1S/C23H28N2O2/c26-22(23(12-13-24-18-23)21-9-5-2-6-10-21)25-14-11-20(15-25)17-27-16-19-7-3-1-4-8-19/h1-10,20,24H,11-18H2. The molecule has 2 aliphatic heterocycles. The number of hydrogen-bond donors (Lipinski definition) is 1. The molecule has 27 heavy (non-hydrogen) atoms. The Morgan fingerprint density at radius 3 is 2.56 bits per heavy atom. The minimum Gasteiger partial charge on any atom is -0.376 e.